The first kappa shape index (κ1) is 25.4. The molecule has 0 bridgehead atoms. The molecule has 4 N–H and O–H groups in total. The van der Waals surface area contributed by atoms with E-state index >= 15 is 0 Å². The SMILES string of the molecule is C[C@@H]1NC(=O)[C@H](C)NC(=O)[C@@H]2CCCN2C(=O)[C@H](C)NC(=O)[C@@H]2CCCN2C(=O)[C@H](C)NC1=O. The number of nitrogens with one attached hydrogen (secondary N) is 4. The summed E-state index contributed by atoms with van der Waals surface area (Å²) in [5, 5.41) is 10.4. The second-order valence-corrected chi connectivity index (χ2v) is 9.30. The van der Waals surface area contributed by atoms with Gasteiger partial charge in [-0.05, 0) is 53.4 Å². The lowest BCUT2D eigenvalue weighted by molar-refractivity contribution is -0.144. The van der Waals surface area contributed by atoms with Crippen LogP contribution in [0.1, 0.15) is 53.4 Å². The van der Waals surface area contributed by atoms with Crippen LogP contribution in [0.5, 0.6) is 0 Å². The van der Waals surface area contributed by atoms with E-state index in [0.717, 1.165) is 0 Å². The minimum atomic E-state index is -0.955. The number of hydrogen-bond acceptors (Lipinski definition) is 6. The van der Waals surface area contributed by atoms with Gasteiger partial charge in [0, 0.05) is 13.1 Å². The molecule has 3 saturated heterocycles. The van der Waals surface area contributed by atoms with Gasteiger partial charge in [-0.3, -0.25) is 28.8 Å². The van der Waals surface area contributed by atoms with Gasteiger partial charge >= 0.3 is 0 Å². The largest absolute Gasteiger partial charge is 0.343 e. The minimum Gasteiger partial charge on any atom is -0.343 e. The lowest BCUT2D eigenvalue weighted by atomic mass is 10.1. The van der Waals surface area contributed by atoms with Crippen LogP contribution in [0.4, 0.5) is 0 Å². The molecule has 12 heteroatoms. The Hall–Kier alpha value is -3.18. The van der Waals surface area contributed by atoms with Crippen LogP contribution in [-0.2, 0) is 28.8 Å². The molecule has 34 heavy (non-hydrogen) atoms. The van der Waals surface area contributed by atoms with E-state index in [1.807, 2.05) is 0 Å². The molecule has 3 aliphatic rings. The summed E-state index contributed by atoms with van der Waals surface area (Å²) in [7, 11) is 0. The van der Waals surface area contributed by atoms with Crippen molar-refractivity contribution in [2.24, 2.45) is 0 Å². The number of carbonyl (C=O) groups excluding carboxylic acids is 6. The fourth-order valence-corrected chi connectivity index (χ4v) is 4.65. The maximum Gasteiger partial charge on any atom is 0.245 e. The second kappa shape index (κ2) is 10.4. The van der Waals surface area contributed by atoms with Crippen LogP contribution in [0.2, 0.25) is 0 Å². The van der Waals surface area contributed by atoms with E-state index in [4.69, 9.17) is 0 Å². The van der Waals surface area contributed by atoms with Crippen LogP contribution in [-0.4, -0.2) is 94.6 Å². The van der Waals surface area contributed by atoms with Gasteiger partial charge < -0.3 is 31.1 Å². The van der Waals surface area contributed by atoms with Crippen molar-refractivity contribution in [3.8, 4) is 0 Å². The molecule has 0 aromatic heterocycles. The molecule has 0 aromatic rings. The third-order valence-corrected chi connectivity index (χ3v) is 6.64. The second-order valence-electron chi connectivity index (χ2n) is 9.30. The molecule has 3 heterocycles. The molecule has 0 saturated carbocycles. The van der Waals surface area contributed by atoms with E-state index < -0.39 is 71.7 Å². The number of amides is 6. The van der Waals surface area contributed by atoms with Gasteiger partial charge in [0.05, 0.1) is 0 Å². The molecule has 0 spiro atoms. The first-order chi connectivity index (χ1) is 16.0. The smallest absolute Gasteiger partial charge is 0.245 e. The van der Waals surface area contributed by atoms with Crippen LogP contribution in [0.3, 0.4) is 0 Å². The molecule has 12 nitrogen and oxygen atoms in total. The van der Waals surface area contributed by atoms with E-state index in [9.17, 15) is 28.8 Å². The summed E-state index contributed by atoms with van der Waals surface area (Å²) in [6, 6.07) is -5.22. The molecule has 6 amide bonds. The average Bonchev–Trinajstić information content (AvgIpc) is 3.46. The summed E-state index contributed by atoms with van der Waals surface area (Å²) >= 11 is 0. The quantitative estimate of drug-likeness (QED) is 0.315. The standard InChI is InChI=1S/C22H34N6O6/c1-11-18(30)25-13(3)21(33)28-10-6-8-16(28)20(32)26-14(4)22(34)27-9-5-7-15(27)19(31)24-12(2)17(29)23-11/h11-16H,5-10H2,1-4H3,(H,23,29)(H,24,31)(H,25,30)(H,26,32)/t11-,12-,13-,14-,15-,16-/m0/s1. The van der Waals surface area contributed by atoms with Crippen molar-refractivity contribution in [1.29, 1.82) is 0 Å². The van der Waals surface area contributed by atoms with Crippen molar-refractivity contribution in [3.63, 3.8) is 0 Å². The van der Waals surface area contributed by atoms with Crippen LogP contribution in [0.25, 0.3) is 0 Å². The molecular formula is C22H34N6O6. The van der Waals surface area contributed by atoms with Gasteiger partial charge in [-0.15, -0.1) is 0 Å². The zero-order valence-electron chi connectivity index (χ0n) is 20.1. The highest BCUT2D eigenvalue weighted by atomic mass is 16.2. The lowest BCUT2D eigenvalue weighted by Crippen LogP contribution is -2.59. The Bertz CT molecular complexity index is 878. The first-order valence-electron chi connectivity index (χ1n) is 11.8. The first-order valence-corrected chi connectivity index (χ1v) is 11.8. The Balaban J connectivity index is 1.86. The van der Waals surface area contributed by atoms with Gasteiger partial charge in [0.15, 0.2) is 0 Å². The number of hydrogen-bond donors (Lipinski definition) is 4. The molecule has 3 rings (SSSR count). The fourth-order valence-electron chi connectivity index (χ4n) is 4.65. The summed E-state index contributed by atoms with van der Waals surface area (Å²) in [5.74, 6) is -2.84. The van der Waals surface area contributed by atoms with E-state index in [-0.39, 0.29) is 0 Å². The van der Waals surface area contributed by atoms with Crippen molar-refractivity contribution in [2.45, 2.75) is 89.6 Å². The van der Waals surface area contributed by atoms with E-state index in [1.54, 1.807) is 6.92 Å². The molecular weight excluding hydrogens is 444 g/mol. The van der Waals surface area contributed by atoms with Crippen molar-refractivity contribution < 1.29 is 28.8 Å². The Morgan fingerprint density at radius 2 is 0.853 bits per heavy atom. The van der Waals surface area contributed by atoms with Crippen molar-refractivity contribution >= 4 is 35.4 Å². The topological polar surface area (TPSA) is 157 Å². The monoisotopic (exact) mass is 478 g/mol. The Labute approximate surface area is 198 Å². The van der Waals surface area contributed by atoms with Crippen molar-refractivity contribution in [1.82, 2.24) is 31.1 Å². The van der Waals surface area contributed by atoms with E-state index in [1.165, 1.54) is 30.6 Å². The zero-order valence-corrected chi connectivity index (χ0v) is 20.1. The third-order valence-electron chi connectivity index (χ3n) is 6.64. The summed E-state index contributed by atoms with van der Waals surface area (Å²) in [6.07, 6.45) is 2.11. The number of nitrogens with zero attached hydrogens (tertiary/aromatic N) is 2. The molecule has 3 fully saturated rings. The Morgan fingerprint density at radius 3 is 1.26 bits per heavy atom. The van der Waals surface area contributed by atoms with Gasteiger partial charge in [0.25, 0.3) is 0 Å². The van der Waals surface area contributed by atoms with Crippen LogP contribution >= 0.6 is 0 Å². The lowest BCUT2D eigenvalue weighted by Gasteiger charge is -2.31. The van der Waals surface area contributed by atoms with Gasteiger partial charge in [0.1, 0.15) is 36.3 Å². The summed E-state index contributed by atoms with van der Waals surface area (Å²) < 4.78 is 0. The molecule has 3 aliphatic heterocycles. The van der Waals surface area contributed by atoms with Crippen molar-refractivity contribution in [2.75, 3.05) is 13.1 Å². The minimum absolute atomic E-state index is 0.359. The molecule has 0 radical (unpaired) electrons. The van der Waals surface area contributed by atoms with E-state index in [0.29, 0.717) is 38.8 Å². The number of carbonyl (C=O) groups is 6. The summed E-state index contributed by atoms with van der Waals surface area (Å²) in [5.41, 5.74) is 0. The maximum atomic E-state index is 13.1. The molecule has 188 valence electrons. The Morgan fingerprint density at radius 1 is 0.529 bits per heavy atom. The third kappa shape index (κ3) is 5.31. The number of rotatable bonds is 0. The van der Waals surface area contributed by atoms with Crippen LogP contribution in [0.15, 0.2) is 0 Å². The highest BCUT2D eigenvalue weighted by Gasteiger charge is 2.40. The number of fused-ring (bicyclic) bond motifs is 2. The van der Waals surface area contributed by atoms with Gasteiger partial charge in [-0.2, -0.15) is 0 Å². The molecule has 0 aromatic carbocycles. The molecule has 0 unspecified atom stereocenters. The van der Waals surface area contributed by atoms with E-state index in [2.05, 4.69) is 21.3 Å². The molecule has 0 aliphatic carbocycles. The fraction of sp³-hybridized carbons (Fsp3) is 0.727. The molecule has 6 atom stereocenters. The predicted octanol–water partition coefficient (Wildman–Crippen LogP) is -2.00. The van der Waals surface area contributed by atoms with Crippen LogP contribution in [0, 0.1) is 0 Å². The maximum absolute atomic E-state index is 13.1. The summed E-state index contributed by atoms with van der Waals surface area (Å²) in [4.78, 5) is 79.8. The van der Waals surface area contributed by atoms with Crippen LogP contribution < -0.4 is 21.3 Å². The highest BCUT2D eigenvalue weighted by molar-refractivity contribution is 5.98. The Kier molecular flexibility index (Phi) is 7.78. The van der Waals surface area contributed by atoms with Gasteiger partial charge in [0.2, 0.25) is 35.4 Å². The highest BCUT2D eigenvalue weighted by Crippen LogP contribution is 2.21. The summed E-state index contributed by atoms with van der Waals surface area (Å²) in [6.45, 7) is 6.75. The zero-order chi connectivity index (χ0) is 25.2. The van der Waals surface area contributed by atoms with Gasteiger partial charge in [-0.25, -0.2) is 0 Å². The van der Waals surface area contributed by atoms with Gasteiger partial charge in [-0.1, -0.05) is 0 Å². The van der Waals surface area contributed by atoms with Crippen molar-refractivity contribution in [3.05, 3.63) is 0 Å². The normalized spacial score (nSPS) is 34.4. The predicted molar refractivity (Wildman–Crippen MR) is 120 cm³/mol. The average molecular weight is 479 g/mol.